The lowest BCUT2D eigenvalue weighted by Gasteiger charge is -2.38. The largest absolute Gasteiger partial charge is 0.496 e. The lowest BCUT2D eigenvalue weighted by Crippen LogP contribution is -2.32. The quantitative estimate of drug-likeness (QED) is 0.775. The van der Waals surface area contributed by atoms with Crippen molar-refractivity contribution >= 4 is 11.6 Å². The Hall–Kier alpha value is -3.01. The van der Waals surface area contributed by atoms with Crippen molar-refractivity contribution in [3.63, 3.8) is 0 Å². The molecular weight excluding hydrogens is 336 g/mol. The molecule has 138 valence electrons. The van der Waals surface area contributed by atoms with Gasteiger partial charge in [-0.2, -0.15) is 0 Å². The Bertz CT molecular complexity index is 903. The first-order chi connectivity index (χ1) is 13.2. The van der Waals surface area contributed by atoms with E-state index >= 15 is 0 Å². The van der Waals surface area contributed by atoms with Crippen molar-refractivity contribution in [1.82, 2.24) is 5.32 Å². The number of carbonyl (C=O) groups is 1. The molecule has 1 heterocycles. The van der Waals surface area contributed by atoms with E-state index in [0.717, 1.165) is 23.4 Å². The zero-order valence-corrected chi connectivity index (χ0v) is 15.4. The van der Waals surface area contributed by atoms with Crippen LogP contribution in [-0.2, 0) is 0 Å². The Balaban J connectivity index is 1.79. The number of amides is 1. The molecule has 0 bridgehead atoms. The average molecular weight is 360 g/mol. The third kappa shape index (κ3) is 3.01. The first-order valence-electron chi connectivity index (χ1n) is 9.32. The highest BCUT2D eigenvalue weighted by Crippen LogP contribution is 2.51. The summed E-state index contributed by atoms with van der Waals surface area (Å²) >= 11 is 0. The Kier molecular flexibility index (Phi) is 4.71. The summed E-state index contributed by atoms with van der Waals surface area (Å²) in [6.45, 7) is 4.12. The molecule has 3 atom stereocenters. The summed E-state index contributed by atoms with van der Waals surface area (Å²) in [5, 5.41) is 6.57. The van der Waals surface area contributed by atoms with Gasteiger partial charge in [-0.15, -0.1) is 6.58 Å². The van der Waals surface area contributed by atoms with Crippen LogP contribution in [-0.4, -0.2) is 19.6 Å². The summed E-state index contributed by atoms with van der Waals surface area (Å²) in [7, 11) is 1.70. The second-order valence-corrected chi connectivity index (χ2v) is 6.99. The van der Waals surface area contributed by atoms with Gasteiger partial charge in [0.1, 0.15) is 5.75 Å². The summed E-state index contributed by atoms with van der Waals surface area (Å²) in [6.07, 6.45) is 7.22. The summed E-state index contributed by atoms with van der Waals surface area (Å²) in [6, 6.07) is 14.2. The summed E-state index contributed by atoms with van der Waals surface area (Å²) in [5.74, 6) is 1.49. The van der Waals surface area contributed by atoms with Crippen molar-refractivity contribution in [2.75, 3.05) is 19.0 Å². The Morgan fingerprint density at radius 3 is 2.89 bits per heavy atom. The fourth-order valence-electron chi connectivity index (χ4n) is 4.30. The lowest BCUT2D eigenvalue weighted by atomic mass is 9.76. The number of fused-ring (bicyclic) bond motifs is 3. The highest BCUT2D eigenvalue weighted by Gasteiger charge is 2.40. The number of anilines is 1. The molecule has 27 heavy (non-hydrogen) atoms. The van der Waals surface area contributed by atoms with Crippen LogP contribution < -0.4 is 15.4 Å². The topological polar surface area (TPSA) is 50.4 Å². The lowest BCUT2D eigenvalue weighted by molar-refractivity contribution is 0.0958. The van der Waals surface area contributed by atoms with Crippen molar-refractivity contribution < 1.29 is 9.53 Å². The number of allylic oxidation sites excluding steroid dienone is 2. The molecule has 0 saturated carbocycles. The van der Waals surface area contributed by atoms with Gasteiger partial charge in [0, 0.05) is 18.0 Å². The maximum atomic E-state index is 12.7. The Labute approximate surface area is 159 Å². The van der Waals surface area contributed by atoms with E-state index in [1.54, 1.807) is 13.2 Å². The zero-order chi connectivity index (χ0) is 18.8. The predicted octanol–water partition coefficient (Wildman–Crippen LogP) is 4.44. The molecule has 4 heteroatoms. The molecule has 0 spiro atoms. The minimum Gasteiger partial charge on any atom is -0.496 e. The number of nitrogens with one attached hydrogen (secondary N) is 2. The molecule has 0 fully saturated rings. The van der Waals surface area contributed by atoms with Crippen molar-refractivity contribution in [2.45, 2.75) is 18.4 Å². The standard InChI is InChI=1S/C23H24N2O2/c1-3-14-24-23(26)19-12-7-11-17-15-9-6-10-16(15)21(25-22(17)19)18-8-4-5-13-20(18)27-2/h3-9,11-13,15-16,21,25H,1,10,14H2,2H3,(H,24,26). The van der Waals surface area contributed by atoms with Gasteiger partial charge < -0.3 is 15.4 Å². The van der Waals surface area contributed by atoms with Crippen molar-refractivity contribution in [1.29, 1.82) is 0 Å². The molecule has 1 amide bonds. The van der Waals surface area contributed by atoms with E-state index in [9.17, 15) is 4.79 Å². The van der Waals surface area contributed by atoms with Crippen LogP contribution in [0.4, 0.5) is 5.69 Å². The molecule has 0 aromatic heterocycles. The highest BCUT2D eigenvalue weighted by molar-refractivity contribution is 6.00. The SMILES string of the molecule is C=CCNC(=O)c1cccc2c1NC(c1ccccc1OC)C1CC=CC21. The van der Waals surface area contributed by atoms with E-state index in [-0.39, 0.29) is 11.9 Å². The van der Waals surface area contributed by atoms with Gasteiger partial charge in [0.15, 0.2) is 0 Å². The van der Waals surface area contributed by atoms with E-state index in [4.69, 9.17) is 4.74 Å². The molecule has 2 aliphatic rings. The van der Waals surface area contributed by atoms with E-state index in [2.05, 4.69) is 41.5 Å². The van der Waals surface area contributed by atoms with Crippen LogP contribution in [0.25, 0.3) is 0 Å². The fourth-order valence-corrected chi connectivity index (χ4v) is 4.30. The van der Waals surface area contributed by atoms with Gasteiger partial charge in [0.25, 0.3) is 5.91 Å². The highest BCUT2D eigenvalue weighted by atomic mass is 16.5. The van der Waals surface area contributed by atoms with Crippen LogP contribution in [0.2, 0.25) is 0 Å². The second-order valence-electron chi connectivity index (χ2n) is 6.99. The number of para-hydroxylation sites is 2. The predicted molar refractivity (Wildman–Crippen MR) is 108 cm³/mol. The Morgan fingerprint density at radius 1 is 1.26 bits per heavy atom. The molecule has 2 aromatic rings. The van der Waals surface area contributed by atoms with Crippen LogP contribution in [0.5, 0.6) is 5.75 Å². The molecule has 1 aliphatic carbocycles. The van der Waals surface area contributed by atoms with Crippen LogP contribution in [0.1, 0.15) is 39.9 Å². The number of hydrogen-bond donors (Lipinski definition) is 2. The van der Waals surface area contributed by atoms with Crippen LogP contribution in [0.15, 0.2) is 67.3 Å². The van der Waals surface area contributed by atoms with E-state index in [1.165, 1.54) is 5.56 Å². The maximum absolute atomic E-state index is 12.7. The van der Waals surface area contributed by atoms with Crippen LogP contribution >= 0.6 is 0 Å². The van der Waals surface area contributed by atoms with Crippen LogP contribution in [0.3, 0.4) is 0 Å². The summed E-state index contributed by atoms with van der Waals surface area (Å²) < 4.78 is 5.62. The van der Waals surface area contributed by atoms with E-state index < -0.39 is 0 Å². The van der Waals surface area contributed by atoms with E-state index in [1.807, 2.05) is 30.3 Å². The van der Waals surface area contributed by atoms with E-state index in [0.29, 0.717) is 23.9 Å². The maximum Gasteiger partial charge on any atom is 0.253 e. The minimum absolute atomic E-state index is 0.0848. The van der Waals surface area contributed by atoms with Crippen molar-refractivity contribution in [3.05, 3.63) is 84.0 Å². The van der Waals surface area contributed by atoms with Crippen LogP contribution in [0, 0.1) is 5.92 Å². The number of benzene rings is 2. The van der Waals surface area contributed by atoms with Gasteiger partial charge in [-0.05, 0) is 30.0 Å². The normalized spacial score (nSPS) is 22.3. The zero-order valence-electron chi connectivity index (χ0n) is 15.4. The van der Waals surface area contributed by atoms with Gasteiger partial charge in [0.2, 0.25) is 0 Å². The van der Waals surface area contributed by atoms with Crippen molar-refractivity contribution in [3.8, 4) is 5.75 Å². The third-order valence-corrected chi connectivity index (χ3v) is 5.52. The van der Waals surface area contributed by atoms with Gasteiger partial charge in [0.05, 0.1) is 24.4 Å². The van der Waals surface area contributed by atoms with Gasteiger partial charge in [-0.3, -0.25) is 4.79 Å². The average Bonchev–Trinajstić information content (AvgIpc) is 3.21. The van der Waals surface area contributed by atoms with Gasteiger partial charge in [-0.25, -0.2) is 0 Å². The Morgan fingerprint density at radius 2 is 2.07 bits per heavy atom. The molecule has 0 saturated heterocycles. The summed E-state index contributed by atoms with van der Waals surface area (Å²) in [4.78, 5) is 12.7. The van der Waals surface area contributed by atoms with Gasteiger partial charge in [-0.1, -0.05) is 48.6 Å². The first-order valence-corrected chi connectivity index (χ1v) is 9.32. The molecule has 2 N–H and O–H groups in total. The molecule has 0 radical (unpaired) electrons. The fraction of sp³-hybridized carbons (Fsp3) is 0.261. The minimum atomic E-state index is -0.0848. The first kappa shape index (κ1) is 17.4. The third-order valence-electron chi connectivity index (χ3n) is 5.52. The number of ether oxygens (including phenoxy) is 1. The molecular formula is C23H24N2O2. The smallest absolute Gasteiger partial charge is 0.253 e. The molecule has 4 rings (SSSR count). The number of methoxy groups -OCH3 is 1. The molecule has 2 aromatic carbocycles. The van der Waals surface area contributed by atoms with Crippen molar-refractivity contribution in [2.24, 2.45) is 5.92 Å². The van der Waals surface area contributed by atoms with Gasteiger partial charge >= 0.3 is 0 Å². The number of carbonyl (C=O) groups excluding carboxylic acids is 1. The number of rotatable bonds is 5. The second kappa shape index (κ2) is 7.31. The monoisotopic (exact) mass is 360 g/mol. The number of hydrogen-bond acceptors (Lipinski definition) is 3. The molecule has 4 nitrogen and oxygen atoms in total. The molecule has 1 aliphatic heterocycles. The molecule has 3 unspecified atom stereocenters. The summed E-state index contributed by atoms with van der Waals surface area (Å²) in [5.41, 5.74) is 3.91.